The van der Waals surface area contributed by atoms with Gasteiger partial charge in [0.2, 0.25) is 10.0 Å². The van der Waals surface area contributed by atoms with Crippen molar-refractivity contribution >= 4 is 50.2 Å². The van der Waals surface area contributed by atoms with E-state index in [1.54, 1.807) is 31.3 Å². The Hall–Kier alpha value is -3.54. The van der Waals surface area contributed by atoms with Crippen LogP contribution in [0.15, 0.2) is 60.8 Å². The van der Waals surface area contributed by atoms with E-state index in [1.807, 2.05) is 6.92 Å². The number of hydrogen-bond donors (Lipinski definition) is 2. The van der Waals surface area contributed by atoms with Crippen molar-refractivity contribution in [2.45, 2.75) is 20.0 Å². The first kappa shape index (κ1) is 27.5. The van der Waals surface area contributed by atoms with Gasteiger partial charge >= 0.3 is 0 Å². The van der Waals surface area contributed by atoms with Crippen molar-refractivity contribution in [2.75, 3.05) is 16.3 Å². The number of rotatable bonds is 8. The van der Waals surface area contributed by atoms with Crippen molar-refractivity contribution in [3.63, 3.8) is 0 Å². The normalized spacial score (nSPS) is 12.2. The molecule has 0 aliphatic rings. The number of benzene rings is 2. The molecule has 2 aromatic carbocycles. The first-order chi connectivity index (χ1) is 17.9. The number of carbonyl (C=O) groups is 1. The lowest BCUT2D eigenvalue weighted by atomic mass is 10.1. The number of anilines is 2. The lowest BCUT2D eigenvalue weighted by molar-refractivity contribution is 0.103. The number of aromatic nitrogens is 1. The summed E-state index contributed by atoms with van der Waals surface area (Å²) < 4.78 is 58.8. The van der Waals surface area contributed by atoms with Gasteiger partial charge in [-0.15, -0.1) is 11.3 Å². The second-order valence-corrected chi connectivity index (χ2v) is 11.9. The van der Waals surface area contributed by atoms with Crippen LogP contribution < -0.4 is 14.8 Å². The summed E-state index contributed by atoms with van der Waals surface area (Å²) in [5, 5.41) is 2.96. The second-order valence-electron chi connectivity index (χ2n) is 8.45. The van der Waals surface area contributed by atoms with Crippen LogP contribution in [0.1, 0.15) is 33.1 Å². The van der Waals surface area contributed by atoms with E-state index in [1.165, 1.54) is 41.7 Å². The first-order valence-electron chi connectivity index (χ1n) is 11.2. The average molecular weight is 578 g/mol. The van der Waals surface area contributed by atoms with Crippen molar-refractivity contribution in [2.24, 2.45) is 0 Å². The smallest absolute Gasteiger partial charge is 0.265 e. The van der Waals surface area contributed by atoms with Gasteiger partial charge in [-0.25, -0.2) is 17.2 Å². The van der Waals surface area contributed by atoms with Crippen LogP contribution in [0, 0.1) is 18.6 Å². The molecule has 1 amide bonds. The molecule has 0 saturated heterocycles. The Labute approximate surface area is 227 Å². The monoisotopic (exact) mass is 577 g/mol. The molecule has 0 fully saturated rings. The fraction of sp³-hybridized carbons (Fsp3) is 0.154. The molecule has 38 heavy (non-hydrogen) atoms. The van der Waals surface area contributed by atoms with Crippen LogP contribution in [0.5, 0.6) is 5.75 Å². The van der Waals surface area contributed by atoms with E-state index in [4.69, 9.17) is 16.3 Å². The summed E-state index contributed by atoms with van der Waals surface area (Å²) in [6.07, 6.45) is 1.91. The Morgan fingerprint density at radius 2 is 1.76 bits per heavy atom. The molecule has 0 aliphatic heterocycles. The molecule has 7 nitrogen and oxygen atoms in total. The fourth-order valence-electron chi connectivity index (χ4n) is 3.71. The van der Waals surface area contributed by atoms with Gasteiger partial charge in [0.25, 0.3) is 5.91 Å². The Morgan fingerprint density at radius 1 is 1.08 bits per heavy atom. The van der Waals surface area contributed by atoms with Crippen molar-refractivity contribution in [3.05, 3.63) is 92.8 Å². The molecule has 198 valence electrons. The summed E-state index contributed by atoms with van der Waals surface area (Å²) in [5.41, 5.74) is 1.95. The number of nitrogens with one attached hydrogen (secondary N) is 2. The highest BCUT2D eigenvalue weighted by atomic mass is 35.5. The number of thiophene rings is 1. The van der Waals surface area contributed by atoms with E-state index in [2.05, 4.69) is 15.0 Å². The first-order valence-corrected chi connectivity index (χ1v) is 14.2. The van der Waals surface area contributed by atoms with Gasteiger partial charge in [0.05, 0.1) is 16.8 Å². The van der Waals surface area contributed by atoms with Gasteiger partial charge in [0.15, 0.2) is 0 Å². The number of carbonyl (C=O) groups excluding carboxylic acids is 1. The average Bonchev–Trinajstić information content (AvgIpc) is 3.19. The number of aryl methyl sites for hydroxylation is 1. The minimum atomic E-state index is -3.53. The molecule has 1 unspecified atom stereocenters. The topological polar surface area (TPSA) is 97.4 Å². The Balaban J connectivity index is 1.58. The van der Waals surface area contributed by atoms with Crippen molar-refractivity contribution < 1.29 is 26.7 Å². The van der Waals surface area contributed by atoms with Crippen molar-refractivity contribution in [3.8, 4) is 17.0 Å². The molecule has 0 aliphatic carbocycles. The number of hydrogen-bond acceptors (Lipinski definition) is 6. The Morgan fingerprint density at radius 3 is 2.45 bits per heavy atom. The zero-order valence-corrected chi connectivity index (χ0v) is 22.8. The van der Waals surface area contributed by atoms with E-state index < -0.39 is 33.7 Å². The van der Waals surface area contributed by atoms with Crippen molar-refractivity contribution in [1.29, 1.82) is 0 Å². The van der Waals surface area contributed by atoms with E-state index in [0.29, 0.717) is 33.1 Å². The molecular formula is C26H22ClF2N3O4S2. The van der Waals surface area contributed by atoms with Crippen LogP contribution in [0.4, 0.5) is 20.2 Å². The van der Waals surface area contributed by atoms with E-state index in [9.17, 15) is 22.0 Å². The standard InChI is InChI=1S/C26H22ClF2N3O4S2/c1-14(16-7-18(28)11-19(29)8-16)36-23-5-4-6-30-25(23)22-13-24(37-15(22)2)26(33)31-20-9-17(27)10-21(12-20)32-38(3,34)35/h4-14,32H,1-3H3,(H,31,33). The lowest BCUT2D eigenvalue weighted by Crippen LogP contribution is -2.12. The molecular weight excluding hydrogens is 556 g/mol. The molecule has 1 atom stereocenters. The number of sulfonamides is 1. The van der Waals surface area contributed by atoms with Crippen LogP contribution in [0.3, 0.4) is 0 Å². The molecule has 12 heteroatoms. The minimum absolute atomic E-state index is 0.209. The number of ether oxygens (including phenoxy) is 1. The molecule has 2 heterocycles. The SMILES string of the molecule is Cc1sc(C(=O)Nc2cc(Cl)cc(NS(C)(=O)=O)c2)cc1-c1ncccc1OC(C)c1cc(F)cc(F)c1. The number of pyridine rings is 1. The van der Waals surface area contributed by atoms with Gasteiger partial charge in [0.1, 0.15) is 29.2 Å². The van der Waals surface area contributed by atoms with Gasteiger partial charge in [-0.3, -0.25) is 14.5 Å². The number of nitrogens with zero attached hydrogens (tertiary/aromatic N) is 1. The fourth-order valence-corrected chi connectivity index (χ4v) is 5.41. The molecule has 4 rings (SSSR count). The summed E-state index contributed by atoms with van der Waals surface area (Å²) in [5.74, 6) is -1.46. The summed E-state index contributed by atoms with van der Waals surface area (Å²) in [6, 6.07) is 12.6. The zero-order chi connectivity index (χ0) is 27.6. The minimum Gasteiger partial charge on any atom is -0.484 e. The zero-order valence-electron chi connectivity index (χ0n) is 20.4. The van der Waals surface area contributed by atoms with E-state index >= 15 is 0 Å². The summed E-state index contributed by atoms with van der Waals surface area (Å²) >= 11 is 7.32. The Bertz CT molecular complexity index is 1610. The highest BCUT2D eigenvalue weighted by Gasteiger charge is 2.20. The predicted molar refractivity (Wildman–Crippen MR) is 146 cm³/mol. The maximum Gasteiger partial charge on any atom is 0.265 e. The third-order valence-electron chi connectivity index (χ3n) is 5.28. The van der Waals surface area contributed by atoms with Gasteiger partial charge in [-0.1, -0.05) is 11.6 Å². The second kappa shape index (κ2) is 11.1. The molecule has 0 spiro atoms. The summed E-state index contributed by atoms with van der Waals surface area (Å²) in [4.78, 5) is 18.6. The predicted octanol–water partition coefficient (Wildman–Crippen LogP) is 6.81. The highest BCUT2D eigenvalue weighted by molar-refractivity contribution is 7.92. The molecule has 0 radical (unpaired) electrons. The number of amides is 1. The van der Waals surface area contributed by atoms with Crippen LogP contribution in [0.25, 0.3) is 11.3 Å². The maximum atomic E-state index is 13.7. The lowest BCUT2D eigenvalue weighted by Gasteiger charge is -2.17. The largest absolute Gasteiger partial charge is 0.484 e. The third-order valence-corrected chi connectivity index (χ3v) is 7.16. The van der Waals surface area contributed by atoms with Crippen LogP contribution in [-0.4, -0.2) is 25.6 Å². The van der Waals surface area contributed by atoms with Gasteiger partial charge in [0, 0.05) is 33.4 Å². The van der Waals surface area contributed by atoms with Gasteiger partial charge in [-0.05, 0) is 67.9 Å². The summed E-state index contributed by atoms with van der Waals surface area (Å²) in [7, 11) is -3.53. The summed E-state index contributed by atoms with van der Waals surface area (Å²) in [6.45, 7) is 3.50. The van der Waals surface area contributed by atoms with Crippen LogP contribution >= 0.6 is 22.9 Å². The van der Waals surface area contributed by atoms with Gasteiger partial charge < -0.3 is 10.1 Å². The van der Waals surface area contributed by atoms with E-state index in [0.717, 1.165) is 17.2 Å². The molecule has 0 bridgehead atoms. The quantitative estimate of drug-likeness (QED) is 0.240. The highest BCUT2D eigenvalue weighted by Crippen LogP contribution is 2.37. The van der Waals surface area contributed by atoms with Crippen molar-refractivity contribution in [1.82, 2.24) is 4.98 Å². The number of halogens is 3. The van der Waals surface area contributed by atoms with Crippen LogP contribution in [-0.2, 0) is 10.0 Å². The Kier molecular flexibility index (Phi) is 8.00. The third kappa shape index (κ3) is 6.85. The molecule has 2 aromatic heterocycles. The maximum absolute atomic E-state index is 13.7. The molecule has 4 aromatic rings. The molecule has 0 saturated carbocycles. The van der Waals surface area contributed by atoms with E-state index in [-0.39, 0.29) is 10.7 Å². The van der Waals surface area contributed by atoms with Crippen LogP contribution in [0.2, 0.25) is 5.02 Å². The molecule has 2 N–H and O–H groups in total. The van der Waals surface area contributed by atoms with Gasteiger partial charge in [-0.2, -0.15) is 0 Å².